The van der Waals surface area contributed by atoms with E-state index in [0.29, 0.717) is 13.0 Å². The van der Waals surface area contributed by atoms with Crippen molar-refractivity contribution in [1.29, 1.82) is 0 Å². The number of aromatic nitrogens is 3. The molecule has 116 valence electrons. The maximum absolute atomic E-state index is 12.1. The van der Waals surface area contributed by atoms with Crippen molar-refractivity contribution in [3.05, 3.63) is 47.9 Å². The van der Waals surface area contributed by atoms with E-state index in [4.69, 9.17) is 0 Å². The van der Waals surface area contributed by atoms with Crippen LogP contribution in [0.1, 0.15) is 11.1 Å². The maximum Gasteiger partial charge on any atom is 0.243 e. The van der Waals surface area contributed by atoms with E-state index in [2.05, 4.69) is 27.8 Å². The van der Waals surface area contributed by atoms with Crippen LogP contribution in [0.2, 0.25) is 0 Å². The number of H-pyrrole nitrogens is 1. The number of sulfonamides is 1. The Balaban J connectivity index is 1.73. The first-order valence-corrected chi connectivity index (χ1v) is 8.49. The molecule has 0 fully saturated rings. The molecule has 0 radical (unpaired) electrons. The lowest BCUT2D eigenvalue weighted by atomic mass is 10.1. The summed E-state index contributed by atoms with van der Waals surface area (Å²) in [6.07, 6.45) is 5.40. The third-order valence-electron chi connectivity index (χ3n) is 3.67. The Bertz CT molecular complexity index is 909. The fourth-order valence-corrected chi connectivity index (χ4v) is 3.60. The summed E-state index contributed by atoms with van der Waals surface area (Å²) in [7, 11) is -1.81. The second-order valence-electron chi connectivity index (χ2n) is 5.31. The van der Waals surface area contributed by atoms with Crippen LogP contribution < -0.4 is 4.72 Å². The summed E-state index contributed by atoms with van der Waals surface area (Å²) in [5.74, 6) is 0. The number of rotatable bonds is 5. The molecule has 0 unspecified atom stereocenters. The van der Waals surface area contributed by atoms with Gasteiger partial charge in [0.15, 0.2) is 0 Å². The lowest BCUT2D eigenvalue weighted by Gasteiger charge is -2.05. The van der Waals surface area contributed by atoms with E-state index in [1.165, 1.54) is 28.0 Å². The van der Waals surface area contributed by atoms with Gasteiger partial charge in [-0.15, -0.1) is 0 Å². The minimum absolute atomic E-state index is 0.185. The van der Waals surface area contributed by atoms with E-state index >= 15 is 0 Å². The minimum Gasteiger partial charge on any atom is -0.361 e. The molecule has 0 saturated carbocycles. The van der Waals surface area contributed by atoms with Crippen LogP contribution in [0.5, 0.6) is 0 Å². The van der Waals surface area contributed by atoms with Crippen molar-refractivity contribution < 1.29 is 8.42 Å². The molecule has 7 heteroatoms. The number of nitrogens with one attached hydrogen (secondary N) is 2. The second kappa shape index (κ2) is 5.58. The zero-order valence-corrected chi connectivity index (χ0v) is 13.3. The van der Waals surface area contributed by atoms with Gasteiger partial charge in [-0.25, -0.2) is 13.1 Å². The zero-order valence-electron chi connectivity index (χ0n) is 12.5. The van der Waals surface area contributed by atoms with Gasteiger partial charge < -0.3 is 4.98 Å². The topological polar surface area (TPSA) is 79.8 Å². The molecule has 2 N–H and O–H groups in total. The van der Waals surface area contributed by atoms with Gasteiger partial charge in [0.05, 0.1) is 6.20 Å². The molecule has 2 heterocycles. The average Bonchev–Trinajstić information content (AvgIpc) is 3.07. The number of hydrogen-bond acceptors (Lipinski definition) is 3. The molecule has 0 aliphatic rings. The fourth-order valence-electron chi connectivity index (χ4n) is 2.59. The maximum atomic E-state index is 12.1. The SMILES string of the molecule is Cc1cccc2[nH]cc(CCNS(=O)(=O)c3cnn(C)c3)c12. The lowest BCUT2D eigenvalue weighted by Crippen LogP contribution is -2.25. The molecule has 0 aliphatic carbocycles. The summed E-state index contributed by atoms with van der Waals surface area (Å²) in [5.41, 5.74) is 3.37. The van der Waals surface area contributed by atoms with Crippen molar-refractivity contribution in [1.82, 2.24) is 19.5 Å². The van der Waals surface area contributed by atoms with Crippen LogP contribution >= 0.6 is 0 Å². The molecule has 1 aromatic carbocycles. The molecular formula is C15H18N4O2S. The first kappa shape index (κ1) is 14.8. The Kier molecular flexibility index (Phi) is 3.76. The van der Waals surface area contributed by atoms with Gasteiger partial charge in [-0.05, 0) is 30.5 Å². The Labute approximate surface area is 129 Å². The average molecular weight is 318 g/mol. The highest BCUT2D eigenvalue weighted by molar-refractivity contribution is 7.89. The van der Waals surface area contributed by atoms with Crippen molar-refractivity contribution in [2.45, 2.75) is 18.2 Å². The number of benzene rings is 1. The van der Waals surface area contributed by atoms with E-state index in [1.54, 1.807) is 7.05 Å². The predicted molar refractivity (Wildman–Crippen MR) is 85.1 cm³/mol. The summed E-state index contributed by atoms with van der Waals surface area (Å²) >= 11 is 0. The Morgan fingerprint density at radius 1 is 1.36 bits per heavy atom. The summed E-state index contributed by atoms with van der Waals surface area (Å²) in [4.78, 5) is 3.41. The van der Waals surface area contributed by atoms with Crippen LogP contribution in [-0.4, -0.2) is 29.7 Å². The monoisotopic (exact) mass is 318 g/mol. The lowest BCUT2D eigenvalue weighted by molar-refractivity contribution is 0.581. The van der Waals surface area contributed by atoms with Gasteiger partial charge in [-0.2, -0.15) is 5.10 Å². The van der Waals surface area contributed by atoms with Gasteiger partial charge >= 0.3 is 0 Å². The number of fused-ring (bicyclic) bond motifs is 1. The third kappa shape index (κ3) is 2.77. The molecule has 0 spiro atoms. The molecule has 0 bridgehead atoms. The van der Waals surface area contributed by atoms with Gasteiger partial charge in [0.1, 0.15) is 4.90 Å². The van der Waals surface area contributed by atoms with Crippen LogP contribution in [0.3, 0.4) is 0 Å². The largest absolute Gasteiger partial charge is 0.361 e. The van der Waals surface area contributed by atoms with E-state index in [1.807, 2.05) is 18.3 Å². The summed E-state index contributed by atoms with van der Waals surface area (Å²) < 4.78 is 28.4. The first-order chi connectivity index (χ1) is 10.5. The Hall–Kier alpha value is -2.12. The molecule has 22 heavy (non-hydrogen) atoms. The van der Waals surface area contributed by atoms with E-state index in [0.717, 1.165) is 11.1 Å². The number of hydrogen-bond donors (Lipinski definition) is 2. The number of aromatic amines is 1. The summed E-state index contributed by atoms with van der Waals surface area (Å²) in [5, 5.41) is 5.06. The molecule has 0 atom stereocenters. The van der Waals surface area contributed by atoms with Crippen molar-refractivity contribution in [3.63, 3.8) is 0 Å². The third-order valence-corrected chi connectivity index (χ3v) is 5.09. The fraction of sp³-hybridized carbons (Fsp3) is 0.267. The van der Waals surface area contributed by atoms with Crippen molar-refractivity contribution in [3.8, 4) is 0 Å². The van der Waals surface area contributed by atoms with E-state index in [-0.39, 0.29) is 4.90 Å². The molecule has 6 nitrogen and oxygen atoms in total. The smallest absolute Gasteiger partial charge is 0.243 e. The Morgan fingerprint density at radius 3 is 2.91 bits per heavy atom. The number of aryl methyl sites for hydroxylation is 2. The molecular weight excluding hydrogens is 300 g/mol. The van der Waals surface area contributed by atoms with Gasteiger partial charge in [0.25, 0.3) is 0 Å². The van der Waals surface area contributed by atoms with Crippen molar-refractivity contribution in [2.24, 2.45) is 7.05 Å². The van der Waals surface area contributed by atoms with Crippen LogP contribution in [0, 0.1) is 6.92 Å². The van der Waals surface area contributed by atoms with Crippen molar-refractivity contribution in [2.75, 3.05) is 6.54 Å². The van der Waals surface area contributed by atoms with Gasteiger partial charge in [-0.3, -0.25) is 4.68 Å². The molecule has 2 aromatic heterocycles. The highest BCUT2D eigenvalue weighted by Gasteiger charge is 2.15. The molecule has 0 aliphatic heterocycles. The van der Waals surface area contributed by atoms with Crippen LogP contribution in [0.4, 0.5) is 0 Å². The molecule has 3 rings (SSSR count). The quantitative estimate of drug-likeness (QED) is 0.752. The predicted octanol–water partition coefficient (Wildman–Crippen LogP) is 1.73. The van der Waals surface area contributed by atoms with E-state index < -0.39 is 10.0 Å². The minimum atomic E-state index is -3.50. The van der Waals surface area contributed by atoms with Gasteiger partial charge in [0.2, 0.25) is 10.0 Å². The van der Waals surface area contributed by atoms with Gasteiger partial charge in [0, 0.05) is 36.9 Å². The second-order valence-corrected chi connectivity index (χ2v) is 7.08. The summed E-state index contributed by atoms with van der Waals surface area (Å²) in [6.45, 7) is 2.40. The summed E-state index contributed by atoms with van der Waals surface area (Å²) in [6, 6.07) is 6.08. The normalized spacial score (nSPS) is 12.1. The Morgan fingerprint density at radius 2 is 2.18 bits per heavy atom. The van der Waals surface area contributed by atoms with Gasteiger partial charge in [-0.1, -0.05) is 12.1 Å². The molecule has 3 aromatic rings. The van der Waals surface area contributed by atoms with Crippen LogP contribution in [0.15, 0.2) is 41.7 Å². The van der Waals surface area contributed by atoms with Crippen LogP contribution in [0.25, 0.3) is 10.9 Å². The van der Waals surface area contributed by atoms with Crippen molar-refractivity contribution >= 4 is 20.9 Å². The van der Waals surface area contributed by atoms with Crippen LogP contribution in [-0.2, 0) is 23.5 Å². The number of nitrogens with zero attached hydrogens (tertiary/aromatic N) is 2. The standard InChI is InChI=1S/C15H18N4O2S/c1-11-4-3-5-14-15(11)12(8-16-14)6-7-18-22(20,21)13-9-17-19(2)10-13/h3-5,8-10,16,18H,6-7H2,1-2H3. The zero-order chi connectivity index (χ0) is 15.7. The molecule has 0 amide bonds. The van der Waals surface area contributed by atoms with E-state index in [9.17, 15) is 8.42 Å². The highest BCUT2D eigenvalue weighted by atomic mass is 32.2. The first-order valence-electron chi connectivity index (χ1n) is 7.01. The molecule has 0 saturated heterocycles. The highest BCUT2D eigenvalue weighted by Crippen LogP contribution is 2.22.